The molecular formula is C15H21FN2O. The molecule has 0 saturated heterocycles. The van der Waals surface area contributed by atoms with Crippen LogP contribution in [0.1, 0.15) is 32.6 Å². The lowest BCUT2D eigenvalue weighted by atomic mass is 9.84. The third-order valence-electron chi connectivity index (χ3n) is 4.09. The minimum atomic E-state index is -0.442. The number of carbonyl (C=O) groups is 1. The first-order valence-corrected chi connectivity index (χ1v) is 6.90. The van der Waals surface area contributed by atoms with E-state index in [1.807, 2.05) is 6.92 Å². The van der Waals surface area contributed by atoms with Gasteiger partial charge in [0.1, 0.15) is 5.82 Å². The third-order valence-corrected chi connectivity index (χ3v) is 4.09. The van der Waals surface area contributed by atoms with Gasteiger partial charge in [0, 0.05) is 18.8 Å². The van der Waals surface area contributed by atoms with Gasteiger partial charge in [0.2, 0.25) is 5.91 Å². The van der Waals surface area contributed by atoms with E-state index in [9.17, 15) is 9.18 Å². The number of nitrogens with zero attached hydrogens (tertiary/aromatic N) is 1. The Bertz CT molecular complexity index is 455. The molecule has 19 heavy (non-hydrogen) atoms. The van der Waals surface area contributed by atoms with Gasteiger partial charge in [-0.25, -0.2) is 4.39 Å². The van der Waals surface area contributed by atoms with E-state index < -0.39 is 5.41 Å². The third kappa shape index (κ3) is 2.63. The summed E-state index contributed by atoms with van der Waals surface area (Å²) in [5.41, 5.74) is 6.02. The van der Waals surface area contributed by atoms with Gasteiger partial charge in [-0.1, -0.05) is 18.9 Å². The molecule has 0 heterocycles. The van der Waals surface area contributed by atoms with Crippen LogP contribution in [0.5, 0.6) is 0 Å². The molecule has 0 unspecified atom stereocenters. The molecule has 0 radical (unpaired) electrons. The van der Waals surface area contributed by atoms with Gasteiger partial charge in [-0.3, -0.25) is 4.79 Å². The fourth-order valence-corrected chi connectivity index (χ4v) is 2.93. The highest BCUT2D eigenvalue weighted by molar-refractivity contribution is 5.98. The zero-order chi connectivity index (χ0) is 13.9. The number of anilines is 1. The van der Waals surface area contributed by atoms with Crippen molar-refractivity contribution in [1.82, 2.24) is 0 Å². The largest absolute Gasteiger partial charge is 0.329 e. The average Bonchev–Trinajstić information content (AvgIpc) is 2.89. The van der Waals surface area contributed by atoms with Crippen molar-refractivity contribution in [3.8, 4) is 0 Å². The van der Waals surface area contributed by atoms with Crippen LogP contribution in [0.2, 0.25) is 0 Å². The molecule has 0 aliphatic heterocycles. The van der Waals surface area contributed by atoms with Crippen LogP contribution in [0.3, 0.4) is 0 Å². The van der Waals surface area contributed by atoms with Crippen LogP contribution < -0.4 is 10.6 Å². The maximum atomic E-state index is 13.3. The lowest BCUT2D eigenvalue weighted by Gasteiger charge is -2.33. The van der Waals surface area contributed by atoms with Crippen molar-refractivity contribution in [3.05, 3.63) is 30.1 Å². The van der Waals surface area contributed by atoms with E-state index in [2.05, 4.69) is 0 Å². The Labute approximate surface area is 113 Å². The average molecular weight is 264 g/mol. The van der Waals surface area contributed by atoms with Crippen LogP contribution in [0.4, 0.5) is 10.1 Å². The first-order chi connectivity index (χ1) is 9.13. The molecular weight excluding hydrogens is 243 g/mol. The molecule has 1 saturated carbocycles. The van der Waals surface area contributed by atoms with Crippen LogP contribution in [0, 0.1) is 11.2 Å². The van der Waals surface area contributed by atoms with E-state index in [0.29, 0.717) is 18.8 Å². The van der Waals surface area contributed by atoms with Gasteiger partial charge in [-0.15, -0.1) is 0 Å². The molecule has 1 aromatic carbocycles. The molecule has 104 valence electrons. The summed E-state index contributed by atoms with van der Waals surface area (Å²) in [5, 5.41) is 0. The smallest absolute Gasteiger partial charge is 0.234 e. The number of hydrogen-bond donors (Lipinski definition) is 1. The summed E-state index contributed by atoms with van der Waals surface area (Å²) in [6.45, 7) is 2.81. The van der Waals surface area contributed by atoms with E-state index in [1.165, 1.54) is 12.1 Å². The highest BCUT2D eigenvalue weighted by Crippen LogP contribution is 2.39. The lowest BCUT2D eigenvalue weighted by Crippen LogP contribution is -2.46. The Morgan fingerprint density at radius 2 is 2.11 bits per heavy atom. The first kappa shape index (κ1) is 14.0. The van der Waals surface area contributed by atoms with E-state index in [-0.39, 0.29) is 11.7 Å². The van der Waals surface area contributed by atoms with E-state index in [0.717, 1.165) is 25.7 Å². The molecule has 1 aliphatic carbocycles. The molecule has 1 aromatic rings. The Hall–Kier alpha value is -1.42. The highest BCUT2D eigenvalue weighted by atomic mass is 19.1. The summed E-state index contributed by atoms with van der Waals surface area (Å²) >= 11 is 0. The summed E-state index contributed by atoms with van der Waals surface area (Å²) in [6.07, 6.45) is 3.77. The van der Waals surface area contributed by atoms with Crippen molar-refractivity contribution in [2.75, 3.05) is 18.0 Å². The minimum absolute atomic E-state index is 0.0422. The summed E-state index contributed by atoms with van der Waals surface area (Å²) < 4.78 is 13.3. The van der Waals surface area contributed by atoms with E-state index in [1.54, 1.807) is 17.0 Å². The first-order valence-electron chi connectivity index (χ1n) is 6.90. The number of nitrogens with two attached hydrogens (primary N) is 1. The summed E-state index contributed by atoms with van der Waals surface area (Å²) in [4.78, 5) is 14.4. The van der Waals surface area contributed by atoms with Crippen LogP contribution in [-0.4, -0.2) is 19.0 Å². The van der Waals surface area contributed by atoms with Gasteiger partial charge in [0.05, 0.1) is 5.41 Å². The molecule has 2 N–H and O–H groups in total. The number of benzene rings is 1. The number of halogens is 1. The van der Waals surface area contributed by atoms with Crippen LogP contribution in [0.15, 0.2) is 24.3 Å². The number of amides is 1. The molecule has 1 aliphatic rings. The van der Waals surface area contributed by atoms with Gasteiger partial charge in [0.25, 0.3) is 0 Å². The fourth-order valence-electron chi connectivity index (χ4n) is 2.93. The van der Waals surface area contributed by atoms with Crippen molar-refractivity contribution in [2.45, 2.75) is 32.6 Å². The van der Waals surface area contributed by atoms with Crippen molar-refractivity contribution in [2.24, 2.45) is 11.1 Å². The normalized spacial score (nSPS) is 17.4. The monoisotopic (exact) mass is 264 g/mol. The van der Waals surface area contributed by atoms with Crippen molar-refractivity contribution >= 4 is 11.6 Å². The predicted molar refractivity (Wildman–Crippen MR) is 74.4 cm³/mol. The zero-order valence-electron chi connectivity index (χ0n) is 11.4. The van der Waals surface area contributed by atoms with Gasteiger partial charge >= 0.3 is 0 Å². The van der Waals surface area contributed by atoms with Gasteiger partial charge < -0.3 is 10.6 Å². The Morgan fingerprint density at radius 1 is 1.42 bits per heavy atom. The standard InChI is InChI=1S/C15H21FN2O/c1-2-18(13-7-5-6-12(16)10-13)14(19)15(11-17)8-3-4-9-15/h5-7,10H,2-4,8-9,11,17H2,1H3. The Kier molecular flexibility index (Phi) is 4.20. The lowest BCUT2D eigenvalue weighted by molar-refractivity contribution is -0.127. The van der Waals surface area contributed by atoms with E-state index >= 15 is 0 Å². The van der Waals surface area contributed by atoms with Crippen molar-refractivity contribution < 1.29 is 9.18 Å². The second-order valence-electron chi connectivity index (χ2n) is 5.22. The maximum absolute atomic E-state index is 13.3. The van der Waals surface area contributed by atoms with Crippen molar-refractivity contribution in [1.29, 1.82) is 0 Å². The van der Waals surface area contributed by atoms with Crippen LogP contribution in [0.25, 0.3) is 0 Å². The molecule has 0 spiro atoms. The molecule has 0 atom stereocenters. The molecule has 1 fully saturated rings. The second-order valence-corrected chi connectivity index (χ2v) is 5.22. The molecule has 4 heteroatoms. The van der Waals surface area contributed by atoms with Gasteiger partial charge in [0.15, 0.2) is 0 Å². The molecule has 3 nitrogen and oxygen atoms in total. The summed E-state index contributed by atoms with van der Waals surface area (Å²) in [5.74, 6) is -0.280. The predicted octanol–water partition coefficient (Wildman–Crippen LogP) is 2.70. The number of rotatable bonds is 4. The SMILES string of the molecule is CCN(C(=O)C1(CN)CCCC1)c1cccc(F)c1. The zero-order valence-corrected chi connectivity index (χ0v) is 11.4. The topological polar surface area (TPSA) is 46.3 Å². The number of carbonyl (C=O) groups excluding carboxylic acids is 1. The molecule has 2 rings (SSSR count). The minimum Gasteiger partial charge on any atom is -0.329 e. The Balaban J connectivity index is 2.29. The van der Waals surface area contributed by atoms with E-state index in [4.69, 9.17) is 5.73 Å². The molecule has 0 bridgehead atoms. The summed E-state index contributed by atoms with van der Waals surface area (Å²) in [6, 6.07) is 6.19. The van der Waals surface area contributed by atoms with Gasteiger partial charge in [-0.2, -0.15) is 0 Å². The second kappa shape index (κ2) is 5.70. The van der Waals surface area contributed by atoms with Crippen LogP contribution >= 0.6 is 0 Å². The molecule has 1 amide bonds. The fraction of sp³-hybridized carbons (Fsp3) is 0.533. The Morgan fingerprint density at radius 3 is 2.63 bits per heavy atom. The number of hydrogen-bond acceptors (Lipinski definition) is 2. The maximum Gasteiger partial charge on any atom is 0.234 e. The summed E-state index contributed by atoms with van der Waals surface area (Å²) in [7, 11) is 0. The van der Waals surface area contributed by atoms with Gasteiger partial charge in [-0.05, 0) is 38.0 Å². The highest BCUT2D eigenvalue weighted by Gasteiger charge is 2.42. The quantitative estimate of drug-likeness (QED) is 0.908. The molecule has 0 aromatic heterocycles. The van der Waals surface area contributed by atoms with Crippen LogP contribution in [-0.2, 0) is 4.79 Å². The van der Waals surface area contributed by atoms with Crippen molar-refractivity contribution in [3.63, 3.8) is 0 Å².